The van der Waals surface area contributed by atoms with E-state index in [-0.39, 0.29) is 24.8 Å². The molecule has 1 amide bonds. The standard InChI is InChI=1S/C19H21F2NO3/c1-13-2-4-14(5-3-13)6-9-19(24)22-11-15(23)12-25-16-7-8-17(20)18(21)10-16/h2-5,7-8,10,15,23H,6,9,11-12H2,1H3,(H,22,24). The van der Waals surface area contributed by atoms with Gasteiger partial charge in [0.1, 0.15) is 18.5 Å². The number of hydrogen-bond acceptors (Lipinski definition) is 3. The van der Waals surface area contributed by atoms with E-state index in [1.165, 1.54) is 6.07 Å². The molecule has 0 aliphatic rings. The zero-order valence-electron chi connectivity index (χ0n) is 14.0. The largest absolute Gasteiger partial charge is 0.491 e. The monoisotopic (exact) mass is 349 g/mol. The van der Waals surface area contributed by atoms with Crippen molar-refractivity contribution in [2.24, 2.45) is 0 Å². The molecule has 0 fully saturated rings. The summed E-state index contributed by atoms with van der Waals surface area (Å²) in [7, 11) is 0. The molecule has 0 aliphatic heterocycles. The number of ether oxygens (including phenoxy) is 1. The Morgan fingerprint density at radius 3 is 2.56 bits per heavy atom. The molecule has 0 saturated heterocycles. The number of carbonyl (C=O) groups excluding carboxylic acids is 1. The van der Waals surface area contributed by atoms with Gasteiger partial charge in [-0.2, -0.15) is 0 Å². The number of aryl methyl sites for hydroxylation is 2. The number of carbonyl (C=O) groups is 1. The van der Waals surface area contributed by atoms with Crippen LogP contribution in [0.25, 0.3) is 0 Å². The fraction of sp³-hybridized carbons (Fsp3) is 0.316. The van der Waals surface area contributed by atoms with Gasteiger partial charge in [-0.3, -0.25) is 4.79 Å². The van der Waals surface area contributed by atoms with E-state index in [0.717, 1.165) is 23.3 Å². The quantitative estimate of drug-likeness (QED) is 0.770. The molecule has 0 radical (unpaired) electrons. The summed E-state index contributed by atoms with van der Waals surface area (Å²) in [6.45, 7) is 1.89. The number of nitrogens with one attached hydrogen (secondary N) is 1. The SMILES string of the molecule is Cc1ccc(CCC(=O)NCC(O)COc2ccc(F)c(F)c2)cc1. The lowest BCUT2D eigenvalue weighted by Crippen LogP contribution is -2.35. The second-order valence-electron chi connectivity index (χ2n) is 5.83. The highest BCUT2D eigenvalue weighted by molar-refractivity contribution is 5.76. The van der Waals surface area contributed by atoms with Gasteiger partial charge in [0.05, 0.1) is 0 Å². The van der Waals surface area contributed by atoms with Crippen molar-refractivity contribution in [2.45, 2.75) is 25.9 Å². The Labute approximate surface area is 145 Å². The highest BCUT2D eigenvalue weighted by Crippen LogP contribution is 2.15. The second kappa shape index (κ2) is 9.13. The Morgan fingerprint density at radius 2 is 1.88 bits per heavy atom. The number of hydrogen-bond donors (Lipinski definition) is 2. The average Bonchev–Trinajstić information content (AvgIpc) is 2.60. The number of rotatable bonds is 8. The Bertz CT molecular complexity index is 704. The van der Waals surface area contributed by atoms with E-state index in [1.54, 1.807) is 0 Å². The first-order valence-corrected chi connectivity index (χ1v) is 8.02. The van der Waals surface area contributed by atoms with Gasteiger partial charge in [-0.05, 0) is 31.0 Å². The smallest absolute Gasteiger partial charge is 0.220 e. The van der Waals surface area contributed by atoms with Crippen LogP contribution in [0.5, 0.6) is 5.75 Å². The molecule has 0 saturated carbocycles. The number of aliphatic hydroxyl groups excluding tert-OH is 1. The van der Waals surface area contributed by atoms with Gasteiger partial charge in [0, 0.05) is 19.0 Å². The fourth-order valence-electron chi connectivity index (χ4n) is 2.15. The Hall–Kier alpha value is -2.47. The van der Waals surface area contributed by atoms with Crippen molar-refractivity contribution < 1.29 is 23.4 Å². The molecular weight excluding hydrogens is 328 g/mol. The second-order valence-corrected chi connectivity index (χ2v) is 5.83. The van der Waals surface area contributed by atoms with Crippen molar-refractivity contribution in [1.82, 2.24) is 5.32 Å². The van der Waals surface area contributed by atoms with E-state index in [9.17, 15) is 18.7 Å². The van der Waals surface area contributed by atoms with Crippen LogP contribution in [0.3, 0.4) is 0 Å². The van der Waals surface area contributed by atoms with Gasteiger partial charge in [-0.25, -0.2) is 8.78 Å². The maximum Gasteiger partial charge on any atom is 0.220 e. The van der Waals surface area contributed by atoms with Crippen LogP contribution >= 0.6 is 0 Å². The summed E-state index contributed by atoms with van der Waals surface area (Å²) in [5.74, 6) is -2.04. The zero-order chi connectivity index (χ0) is 18.2. The normalized spacial score (nSPS) is 11.8. The van der Waals surface area contributed by atoms with Crippen LogP contribution in [-0.2, 0) is 11.2 Å². The van der Waals surface area contributed by atoms with Crippen LogP contribution in [0.1, 0.15) is 17.5 Å². The number of aliphatic hydroxyl groups is 1. The van der Waals surface area contributed by atoms with E-state index < -0.39 is 17.7 Å². The van der Waals surface area contributed by atoms with E-state index in [1.807, 2.05) is 31.2 Å². The van der Waals surface area contributed by atoms with Crippen LogP contribution in [-0.4, -0.2) is 30.3 Å². The highest BCUT2D eigenvalue weighted by Gasteiger charge is 2.10. The van der Waals surface area contributed by atoms with Crippen LogP contribution < -0.4 is 10.1 Å². The number of benzene rings is 2. The first-order valence-electron chi connectivity index (χ1n) is 8.02. The Balaban J connectivity index is 1.66. The van der Waals surface area contributed by atoms with Gasteiger partial charge < -0.3 is 15.2 Å². The van der Waals surface area contributed by atoms with Gasteiger partial charge in [-0.15, -0.1) is 0 Å². The van der Waals surface area contributed by atoms with Gasteiger partial charge in [0.2, 0.25) is 5.91 Å². The summed E-state index contributed by atoms with van der Waals surface area (Å²) in [4.78, 5) is 11.8. The van der Waals surface area contributed by atoms with E-state index in [0.29, 0.717) is 12.8 Å². The van der Waals surface area contributed by atoms with Crippen molar-refractivity contribution in [2.75, 3.05) is 13.2 Å². The molecule has 2 rings (SSSR count). The fourth-order valence-corrected chi connectivity index (χ4v) is 2.15. The molecule has 4 nitrogen and oxygen atoms in total. The van der Waals surface area contributed by atoms with Crippen molar-refractivity contribution >= 4 is 5.91 Å². The minimum atomic E-state index is -1.02. The van der Waals surface area contributed by atoms with Gasteiger partial charge in [0.15, 0.2) is 11.6 Å². The topological polar surface area (TPSA) is 58.6 Å². The number of halogens is 2. The van der Waals surface area contributed by atoms with Crippen molar-refractivity contribution in [3.63, 3.8) is 0 Å². The molecule has 0 heterocycles. The van der Waals surface area contributed by atoms with E-state index in [4.69, 9.17) is 4.74 Å². The molecule has 1 unspecified atom stereocenters. The summed E-state index contributed by atoms with van der Waals surface area (Å²) < 4.78 is 31.0. The van der Waals surface area contributed by atoms with E-state index >= 15 is 0 Å². The molecule has 0 aliphatic carbocycles. The Morgan fingerprint density at radius 1 is 1.16 bits per heavy atom. The van der Waals surface area contributed by atoms with E-state index in [2.05, 4.69) is 5.32 Å². The van der Waals surface area contributed by atoms with Crippen molar-refractivity contribution in [1.29, 1.82) is 0 Å². The van der Waals surface area contributed by atoms with Crippen LogP contribution in [0.2, 0.25) is 0 Å². The molecule has 2 aromatic rings. The third kappa shape index (κ3) is 6.51. The molecule has 134 valence electrons. The molecule has 0 aromatic heterocycles. The maximum atomic E-state index is 13.0. The van der Waals surface area contributed by atoms with Crippen LogP contribution in [0.15, 0.2) is 42.5 Å². The minimum absolute atomic E-state index is 0.0242. The summed E-state index contributed by atoms with van der Waals surface area (Å²) in [5, 5.41) is 12.4. The Kier molecular flexibility index (Phi) is 6.89. The molecule has 0 bridgehead atoms. The summed E-state index contributed by atoms with van der Waals surface area (Å²) in [5.41, 5.74) is 2.24. The summed E-state index contributed by atoms with van der Waals surface area (Å²) >= 11 is 0. The lowest BCUT2D eigenvalue weighted by atomic mass is 10.1. The molecule has 25 heavy (non-hydrogen) atoms. The lowest BCUT2D eigenvalue weighted by Gasteiger charge is -2.13. The van der Waals surface area contributed by atoms with Crippen LogP contribution in [0, 0.1) is 18.6 Å². The van der Waals surface area contributed by atoms with Gasteiger partial charge >= 0.3 is 0 Å². The summed E-state index contributed by atoms with van der Waals surface area (Å²) in [6.07, 6.45) is -0.00987. The zero-order valence-corrected chi connectivity index (χ0v) is 14.0. The third-order valence-corrected chi connectivity index (χ3v) is 3.63. The molecule has 0 spiro atoms. The molecule has 2 aromatic carbocycles. The predicted molar refractivity (Wildman–Crippen MR) is 90.4 cm³/mol. The molecular formula is C19H21F2NO3. The predicted octanol–water partition coefficient (Wildman–Crippen LogP) is 2.76. The highest BCUT2D eigenvalue weighted by atomic mass is 19.2. The maximum absolute atomic E-state index is 13.0. The first-order chi connectivity index (χ1) is 11.9. The summed E-state index contributed by atoms with van der Waals surface area (Å²) in [6, 6.07) is 11.1. The minimum Gasteiger partial charge on any atom is -0.491 e. The number of amides is 1. The third-order valence-electron chi connectivity index (χ3n) is 3.63. The van der Waals surface area contributed by atoms with Crippen molar-refractivity contribution in [3.8, 4) is 5.75 Å². The van der Waals surface area contributed by atoms with Crippen LogP contribution in [0.4, 0.5) is 8.78 Å². The molecule has 1 atom stereocenters. The van der Waals surface area contributed by atoms with Gasteiger partial charge in [-0.1, -0.05) is 29.8 Å². The first kappa shape index (κ1) is 18.9. The average molecular weight is 349 g/mol. The van der Waals surface area contributed by atoms with Crippen molar-refractivity contribution in [3.05, 3.63) is 65.2 Å². The van der Waals surface area contributed by atoms with Gasteiger partial charge in [0.25, 0.3) is 0 Å². The molecule has 6 heteroatoms. The molecule has 2 N–H and O–H groups in total. The lowest BCUT2D eigenvalue weighted by molar-refractivity contribution is -0.121.